The Morgan fingerprint density at radius 1 is 1.29 bits per heavy atom. The molecule has 2 rings (SSSR count). The zero-order chi connectivity index (χ0) is 9.97. The second-order valence-electron chi connectivity index (χ2n) is 4.09. The van der Waals surface area contributed by atoms with Gasteiger partial charge in [-0.05, 0) is 43.0 Å². The van der Waals surface area contributed by atoms with Crippen molar-refractivity contribution in [3.8, 4) is 0 Å². The molecule has 1 aromatic carbocycles. The Hall–Kier alpha value is -0.530. The van der Waals surface area contributed by atoms with Crippen LogP contribution in [0.25, 0.3) is 0 Å². The first-order chi connectivity index (χ1) is 6.79. The first-order valence-corrected chi connectivity index (χ1v) is 5.68. The lowest BCUT2D eigenvalue weighted by Crippen LogP contribution is -2.15. The Morgan fingerprint density at radius 2 is 2.07 bits per heavy atom. The van der Waals surface area contributed by atoms with Gasteiger partial charge in [0, 0.05) is 6.54 Å². The maximum atomic E-state index is 5.75. The molecule has 1 aliphatic rings. The molecule has 0 saturated carbocycles. The van der Waals surface area contributed by atoms with Crippen molar-refractivity contribution in [1.82, 2.24) is 4.90 Å². The summed E-state index contributed by atoms with van der Waals surface area (Å²) in [6.07, 6.45) is 3.85. The van der Waals surface area contributed by atoms with E-state index in [-0.39, 0.29) is 0 Å². The van der Waals surface area contributed by atoms with E-state index in [1.807, 2.05) is 7.05 Å². The standard InChI is InChI=1S/C12H16ClN/c1-14(9-13)8-10-5-6-11-3-2-4-12(11)7-10/h5-7H,2-4,8-9H2,1H3. The largest absolute Gasteiger partial charge is 0.289 e. The summed E-state index contributed by atoms with van der Waals surface area (Å²) in [5.74, 6) is 0. The molecular weight excluding hydrogens is 194 g/mol. The minimum atomic E-state index is 0.594. The van der Waals surface area contributed by atoms with Crippen molar-refractivity contribution >= 4 is 11.6 Å². The van der Waals surface area contributed by atoms with Crippen LogP contribution in [0.4, 0.5) is 0 Å². The van der Waals surface area contributed by atoms with Crippen LogP contribution >= 0.6 is 11.6 Å². The van der Waals surface area contributed by atoms with E-state index in [0.29, 0.717) is 6.00 Å². The third kappa shape index (κ3) is 2.10. The van der Waals surface area contributed by atoms with Crippen molar-refractivity contribution in [2.75, 3.05) is 13.1 Å². The molecule has 14 heavy (non-hydrogen) atoms. The van der Waals surface area contributed by atoms with E-state index in [1.165, 1.54) is 24.8 Å². The summed E-state index contributed by atoms with van der Waals surface area (Å²) in [4.78, 5) is 2.11. The van der Waals surface area contributed by atoms with Gasteiger partial charge in [-0.25, -0.2) is 0 Å². The van der Waals surface area contributed by atoms with E-state index in [4.69, 9.17) is 11.6 Å². The molecule has 2 heteroatoms. The van der Waals surface area contributed by atoms with Crippen molar-refractivity contribution in [1.29, 1.82) is 0 Å². The number of fused-ring (bicyclic) bond motifs is 1. The maximum absolute atomic E-state index is 5.75. The number of halogens is 1. The number of benzene rings is 1. The predicted molar refractivity (Wildman–Crippen MR) is 60.7 cm³/mol. The minimum Gasteiger partial charge on any atom is -0.289 e. The van der Waals surface area contributed by atoms with E-state index in [2.05, 4.69) is 23.1 Å². The minimum absolute atomic E-state index is 0.594. The van der Waals surface area contributed by atoms with Gasteiger partial charge in [0.2, 0.25) is 0 Å². The average Bonchev–Trinajstić information content (AvgIpc) is 2.64. The molecule has 0 aromatic heterocycles. The van der Waals surface area contributed by atoms with Gasteiger partial charge in [0.05, 0.1) is 6.00 Å². The molecule has 0 bridgehead atoms. The van der Waals surface area contributed by atoms with Gasteiger partial charge in [0.25, 0.3) is 0 Å². The van der Waals surface area contributed by atoms with E-state index in [0.717, 1.165) is 6.54 Å². The first kappa shape index (κ1) is 10.0. The first-order valence-electron chi connectivity index (χ1n) is 5.15. The monoisotopic (exact) mass is 209 g/mol. The summed E-state index contributed by atoms with van der Waals surface area (Å²) >= 11 is 5.75. The highest BCUT2D eigenvalue weighted by atomic mass is 35.5. The highest BCUT2D eigenvalue weighted by Crippen LogP contribution is 2.23. The number of alkyl halides is 1. The summed E-state index contributed by atoms with van der Waals surface area (Å²) in [5.41, 5.74) is 4.47. The lowest BCUT2D eigenvalue weighted by Gasteiger charge is -2.13. The summed E-state index contributed by atoms with van der Waals surface area (Å²) in [6.45, 7) is 0.955. The number of aryl methyl sites for hydroxylation is 2. The average molecular weight is 210 g/mol. The van der Waals surface area contributed by atoms with Crippen molar-refractivity contribution in [3.63, 3.8) is 0 Å². The molecule has 1 aliphatic carbocycles. The molecule has 0 radical (unpaired) electrons. The summed E-state index contributed by atoms with van der Waals surface area (Å²) in [6, 6.07) is 7.44. The lowest BCUT2D eigenvalue weighted by atomic mass is 10.1. The molecule has 0 spiro atoms. The van der Waals surface area contributed by atoms with Gasteiger partial charge < -0.3 is 0 Å². The molecule has 1 aromatic rings. The van der Waals surface area contributed by atoms with Crippen LogP contribution in [0, 0.1) is 0 Å². The third-order valence-electron chi connectivity index (χ3n) is 2.82. The molecule has 0 fully saturated rings. The summed E-state index contributed by atoms with van der Waals surface area (Å²) in [7, 11) is 2.04. The molecule has 0 amide bonds. The fourth-order valence-corrected chi connectivity index (χ4v) is 2.16. The third-order valence-corrected chi connectivity index (χ3v) is 3.23. The molecule has 0 N–H and O–H groups in total. The van der Waals surface area contributed by atoms with Gasteiger partial charge in [-0.2, -0.15) is 0 Å². The van der Waals surface area contributed by atoms with E-state index in [9.17, 15) is 0 Å². The highest BCUT2D eigenvalue weighted by molar-refractivity contribution is 6.17. The van der Waals surface area contributed by atoms with Crippen LogP contribution in [0.1, 0.15) is 23.1 Å². The number of rotatable bonds is 3. The number of hydrogen-bond acceptors (Lipinski definition) is 1. The summed E-state index contributed by atoms with van der Waals surface area (Å²) in [5, 5.41) is 0. The lowest BCUT2D eigenvalue weighted by molar-refractivity contribution is 0.382. The second-order valence-corrected chi connectivity index (χ2v) is 4.33. The van der Waals surface area contributed by atoms with E-state index >= 15 is 0 Å². The van der Waals surface area contributed by atoms with Crippen molar-refractivity contribution in [2.45, 2.75) is 25.8 Å². The Labute approximate surface area is 90.7 Å². The van der Waals surface area contributed by atoms with Crippen LogP contribution in [0.2, 0.25) is 0 Å². The quantitative estimate of drug-likeness (QED) is 0.547. The topological polar surface area (TPSA) is 3.24 Å². The van der Waals surface area contributed by atoms with Gasteiger partial charge in [0.1, 0.15) is 0 Å². The number of hydrogen-bond donors (Lipinski definition) is 0. The Bertz CT molecular complexity index is 322. The summed E-state index contributed by atoms with van der Waals surface area (Å²) < 4.78 is 0. The van der Waals surface area contributed by atoms with Crippen LogP contribution in [0.5, 0.6) is 0 Å². The zero-order valence-electron chi connectivity index (χ0n) is 8.59. The maximum Gasteiger partial charge on any atom is 0.0738 e. The fraction of sp³-hybridized carbons (Fsp3) is 0.500. The predicted octanol–water partition coefficient (Wildman–Crippen LogP) is 2.80. The van der Waals surface area contributed by atoms with Crippen molar-refractivity contribution in [2.24, 2.45) is 0 Å². The van der Waals surface area contributed by atoms with Gasteiger partial charge in [-0.1, -0.05) is 18.2 Å². The van der Waals surface area contributed by atoms with Crippen molar-refractivity contribution in [3.05, 3.63) is 34.9 Å². The SMILES string of the molecule is CN(CCl)Cc1ccc2c(c1)CCC2. The van der Waals surface area contributed by atoms with Crippen molar-refractivity contribution < 1.29 is 0 Å². The Morgan fingerprint density at radius 3 is 2.86 bits per heavy atom. The molecule has 0 atom stereocenters. The molecule has 1 nitrogen and oxygen atoms in total. The molecule has 0 aliphatic heterocycles. The molecular formula is C12H16ClN. The van der Waals surface area contributed by atoms with E-state index < -0.39 is 0 Å². The highest BCUT2D eigenvalue weighted by Gasteiger charge is 2.10. The van der Waals surface area contributed by atoms with Gasteiger partial charge >= 0.3 is 0 Å². The van der Waals surface area contributed by atoms with Crippen LogP contribution in [0.15, 0.2) is 18.2 Å². The molecule has 0 unspecified atom stereocenters. The van der Waals surface area contributed by atoms with Gasteiger partial charge in [0.15, 0.2) is 0 Å². The molecule has 0 heterocycles. The molecule has 76 valence electrons. The number of nitrogens with zero attached hydrogens (tertiary/aromatic N) is 1. The Balaban J connectivity index is 2.12. The van der Waals surface area contributed by atoms with Crippen LogP contribution in [-0.2, 0) is 19.4 Å². The smallest absolute Gasteiger partial charge is 0.0738 e. The van der Waals surface area contributed by atoms with Gasteiger partial charge in [-0.15, -0.1) is 11.6 Å². The fourth-order valence-electron chi connectivity index (χ4n) is 2.08. The Kier molecular flexibility index (Phi) is 3.09. The zero-order valence-corrected chi connectivity index (χ0v) is 9.35. The normalized spacial score (nSPS) is 14.8. The van der Waals surface area contributed by atoms with Crippen LogP contribution in [0.3, 0.4) is 0 Å². The van der Waals surface area contributed by atoms with Crippen LogP contribution < -0.4 is 0 Å². The van der Waals surface area contributed by atoms with E-state index in [1.54, 1.807) is 11.1 Å². The van der Waals surface area contributed by atoms with Gasteiger partial charge in [-0.3, -0.25) is 4.90 Å². The molecule has 0 saturated heterocycles. The van der Waals surface area contributed by atoms with Crippen LogP contribution in [-0.4, -0.2) is 18.0 Å². The second kappa shape index (κ2) is 4.33.